The van der Waals surface area contributed by atoms with Crippen molar-refractivity contribution in [3.8, 4) is 22.5 Å². The van der Waals surface area contributed by atoms with Crippen molar-refractivity contribution in [3.05, 3.63) is 112 Å². The van der Waals surface area contributed by atoms with Crippen LogP contribution in [0.3, 0.4) is 0 Å². The average Bonchev–Trinajstić information content (AvgIpc) is 2.87. The lowest BCUT2D eigenvalue weighted by atomic mass is 9.98. The van der Waals surface area contributed by atoms with Gasteiger partial charge in [0.2, 0.25) is 0 Å². The smallest absolute Gasteiger partial charge is 0.196 e. The lowest BCUT2D eigenvalue weighted by Gasteiger charge is -2.20. The molecule has 0 aliphatic carbocycles. The summed E-state index contributed by atoms with van der Waals surface area (Å²) in [4.78, 5) is 13.4. The van der Waals surface area contributed by atoms with Gasteiger partial charge in [0.25, 0.3) is 0 Å². The van der Waals surface area contributed by atoms with Crippen molar-refractivity contribution < 1.29 is 4.42 Å². The predicted octanol–water partition coefficient (Wildman–Crippen LogP) is 6.71. The van der Waals surface area contributed by atoms with Crippen LogP contribution in [0.2, 0.25) is 0 Å². The Hall–Kier alpha value is -4.25. The zero-order chi connectivity index (χ0) is 23.7. The van der Waals surface area contributed by atoms with E-state index in [1.807, 2.05) is 74.5 Å². The van der Waals surface area contributed by atoms with Crippen molar-refractivity contribution in [2.45, 2.75) is 26.8 Å². The number of fused-ring (bicyclic) bond motifs is 1. The summed E-state index contributed by atoms with van der Waals surface area (Å²) in [5, 5.41) is 12.1. The first-order chi connectivity index (χ1) is 16.5. The highest BCUT2D eigenvalue weighted by molar-refractivity contribution is 5.85. The second-order valence-electron chi connectivity index (χ2n) is 8.52. The van der Waals surface area contributed by atoms with Crippen molar-refractivity contribution in [3.63, 3.8) is 0 Å². The Bertz CT molecular complexity index is 1530. The van der Waals surface area contributed by atoms with Crippen LogP contribution in [-0.4, -0.2) is 10.2 Å². The number of rotatable bonds is 5. The summed E-state index contributed by atoms with van der Waals surface area (Å²) >= 11 is 0. The third-order valence-corrected chi connectivity index (χ3v) is 6.09. The minimum absolute atomic E-state index is 0.000475. The van der Waals surface area contributed by atoms with E-state index in [4.69, 9.17) is 4.42 Å². The number of benzene rings is 3. The monoisotopic (exact) mass is 447 g/mol. The highest BCUT2D eigenvalue weighted by atomic mass is 16.3. The summed E-state index contributed by atoms with van der Waals surface area (Å²) in [5.74, 6) is 0.610. The van der Waals surface area contributed by atoms with E-state index in [0.717, 1.165) is 33.5 Å². The normalized spacial score (nSPS) is 12.0. The van der Waals surface area contributed by atoms with E-state index in [2.05, 4.69) is 34.6 Å². The van der Waals surface area contributed by atoms with Crippen molar-refractivity contribution in [2.24, 2.45) is 0 Å². The Morgan fingerprint density at radius 3 is 2.41 bits per heavy atom. The summed E-state index contributed by atoms with van der Waals surface area (Å²) in [6.07, 6.45) is 3.44. The van der Waals surface area contributed by atoms with Crippen LogP contribution in [0, 0.1) is 13.8 Å². The highest BCUT2D eigenvalue weighted by Gasteiger charge is 2.19. The zero-order valence-corrected chi connectivity index (χ0v) is 19.4. The molecule has 0 spiro atoms. The van der Waals surface area contributed by atoms with Crippen LogP contribution in [0.4, 0.5) is 5.69 Å². The van der Waals surface area contributed by atoms with Gasteiger partial charge in [-0.05, 0) is 44.5 Å². The molecule has 0 bridgehead atoms. The summed E-state index contributed by atoms with van der Waals surface area (Å²) in [6, 6.07) is 23.7. The van der Waals surface area contributed by atoms with Crippen molar-refractivity contribution in [2.75, 3.05) is 5.32 Å². The summed E-state index contributed by atoms with van der Waals surface area (Å²) in [6.45, 7) is 5.92. The fraction of sp³-hybridized carbons (Fsp3) is 0.138. The molecule has 34 heavy (non-hydrogen) atoms. The molecule has 0 amide bonds. The molecule has 2 aromatic heterocycles. The molecule has 0 radical (unpaired) electrons. The van der Waals surface area contributed by atoms with Gasteiger partial charge in [0.15, 0.2) is 5.43 Å². The molecule has 1 atom stereocenters. The Labute approximate surface area is 198 Å². The Balaban J connectivity index is 1.64. The minimum Gasteiger partial charge on any atom is -0.455 e. The fourth-order valence-corrected chi connectivity index (χ4v) is 4.38. The van der Waals surface area contributed by atoms with Crippen LogP contribution >= 0.6 is 0 Å². The van der Waals surface area contributed by atoms with Crippen LogP contribution in [0.15, 0.2) is 94.4 Å². The van der Waals surface area contributed by atoms with Crippen molar-refractivity contribution >= 4 is 16.7 Å². The largest absolute Gasteiger partial charge is 0.455 e. The number of aryl methyl sites for hydroxylation is 1. The molecule has 1 unspecified atom stereocenters. The number of para-hydroxylation sites is 1. The third-order valence-electron chi connectivity index (χ3n) is 6.09. The van der Waals surface area contributed by atoms with E-state index in [1.54, 1.807) is 12.4 Å². The molecule has 0 aliphatic heterocycles. The van der Waals surface area contributed by atoms with Gasteiger partial charge in [0.05, 0.1) is 23.8 Å². The molecule has 2 heterocycles. The minimum atomic E-state index is -0.118. The maximum absolute atomic E-state index is 13.4. The molecule has 1 N–H and O–H groups in total. The second kappa shape index (κ2) is 8.94. The lowest BCUT2D eigenvalue weighted by Crippen LogP contribution is -2.12. The fourth-order valence-electron chi connectivity index (χ4n) is 4.38. The molecule has 0 aliphatic rings. The standard InChI is InChI=1S/C29H25N3O2/c1-18-15-24(20(3)32-26-12-8-7-11-23(26)22-13-14-30-31-17-22)29-25(16-18)27(33)19(2)28(34-29)21-9-5-4-6-10-21/h4-17,20,32H,1-3H3. The molecule has 5 rings (SSSR count). The van der Waals surface area contributed by atoms with Gasteiger partial charge in [-0.25, -0.2) is 0 Å². The van der Waals surface area contributed by atoms with Crippen molar-refractivity contribution in [1.82, 2.24) is 10.2 Å². The van der Waals surface area contributed by atoms with E-state index < -0.39 is 0 Å². The van der Waals surface area contributed by atoms with Crippen molar-refractivity contribution in [1.29, 1.82) is 0 Å². The molecule has 0 saturated carbocycles. The molecule has 3 aromatic carbocycles. The predicted molar refractivity (Wildman–Crippen MR) is 137 cm³/mol. The van der Waals surface area contributed by atoms with E-state index in [-0.39, 0.29) is 11.5 Å². The number of hydrogen-bond donors (Lipinski definition) is 1. The van der Waals surface area contributed by atoms with E-state index in [0.29, 0.717) is 22.3 Å². The average molecular weight is 448 g/mol. The Kier molecular flexibility index (Phi) is 5.68. The Morgan fingerprint density at radius 1 is 0.882 bits per heavy atom. The topological polar surface area (TPSA) is 68.0 Å². The van der Waals surface area contributed by atoms with Crippen LogP contribution in [0.1, 0.15) is 29.7 Å². The van der Waals surface area contributed by atoms with E-state index in [1.165, 1.54) is 0 Å². The molecule has 168 valence electrons. The van der Waals surface area contributed by atoms with Gasteiger partial charge >= 0.3 is 0 Å². The van der Waals surface area contributed by atoms with E-state index in [9.17, 15) is 4.79 Å². The van der Waals surface area contributed by atoms with Gasteiger partial charge in [-0.1, -0.05) is 54.6 Å². The summed E-state index contributed by atoms with van der Waals surface area (Å²) < 4.78 is 6.46. The van der Waals surface area contributed by atoms with Crippen LogP contribution < -0.4 is 10.7 Å². The summed E-state index contributed by atoms with van der Waals surface area (Å²) in [7, 11) is 0. The maximum Gasteiger partial charge on any atom is 0.196 e. The number of anilines is 1. The van der Waals surface area contributed by atoms with Gasteiger partial charge in [-0.15, -0.1) is 0 Å². The molecule has 0 saturated heterocycles. The van der Waals surface area contributed by atoms with Gasteiger partial charge in [0, 0.05) is 33.5 Å². The SMILES string of the molecule is Cc1cc(C(C)Nc2ccccc2-c2ccnnc2)c2oc(-c3ccccc3)c(C)c(=O)c2c1. The number of nitrogens with zero attached hydrogens (tertiary/aromatic N) is 2. The van der Waals surface area contributed by atoms with Crippen LogP contribution in [0.25, 0.3) is 33.4 Å². The first kappa shape index (κ1) is 21.6. The first-order valence-electron chi connectivity index (χ1n) is 11.3. The number of hydrogen-bond acceptors (Lipinski definition) is 5. The lowest BCUT2D eigenvalue weighted by molar-refractivity contribution is 0.605. The number of aromatic nitrogens is 2. The molecule has 5 nitrogen and oxygen atoms in total. The molecular formula is C29H25N3O2. The summed E-state index contributed by atoms with van der Waals surface area (Å²) in [5.41, 5.74) is 7.05. The molecule has 0 fully saturated rings. The molecular weight excluding hydrogens is 422 g/mol. The maximum atomic E-state index is 13.4. The van der Waals surface area contributed by atoms with Crippen LogP contribution in [-0.2, 0) is 0 Å². The third kappa shape index (κ3) is 3.97. The molecule has 5 aromatic rings. The van der Waals surface area contributed by atoms with Gasteiger partial charge in [-0.2, -0.15) is 10.2 Å². The quantitative estimate of drug-likeness (QED) is 0.324. The highest BCUT2D eigenvalue weighted by Crippen LogP contribution is 2.34. The van der Waals surface area contributed by atoms with Gasteiger partial charge in [-0.3, -0.25) is 4.79 Å². The Morgan fingerprint density at radius 2 is 1.65 bits per heavy atom. The number of nitrogens with one attached hydrogen (secondary N) is 1. The zero-order valence-electron chi connectivity index (χ0n) is 19.4. The first-order valence-corrected chi connectivity index (χ1v) is 11.3. The van der Waals surface area contributed by atoms with Crippen LogP contribution in [0.5, 0.6) is 0 Å². The molecule has 5 heteroatoms. The van der Waals surface area contributed by atoms with Gasteiger partial charge in [0.1, 0.15) is 11.3 Å². The van der Waals surface area contributed by atoms with E-state index >= 15 is 0 Å². The van der Waals surface area contributed by atoms with Gasteiger partial charge < -0.3 is 9.73 Å². The second-order valence-corrected chi connectivity index (χ2v) is 8.52.